The molecule has 2 fully saturated rings. The Morgan fingerprint density at radius 3 is 2.75 bits per heavy atom. The summed E-state index contributed by atoms with van der Waals surface area (Å²) < 4.78 is 4.70. The van der Waals surface area contributed by atoms with Crippen molar-refractivity contribution in [3.63, 3.8) is 0 Å². The molecular weight excluding hydrogens is 260 g/mol. The third-order valence-electron chi connectivity index (χ3n) is 4.23. The van der Waals surface area contributed by atoms with E-state index in [4.69, 9.17) is 4.74 Å². The zero-order valence-electron chi connectivity index (χ0n) is 12.1. The van der Waals surface area contributed by atoms with E-state index in [1.54, 1.807) is 6.92 Å². The van der Waals surface area contributed by atoms with Gasteiger partial charge in [-0.05, 0) is 19.3 Å². The van der Waals surface area contributed by atoms with Gasteiger partial charge in [0, 0.05) is 38.5 Å². The van der Waals surface area contributed by atoms with Crippen LogP contribution in [0.1, 0.15) is 39.0 Å². The first-order valence-corrected chi connectivity index (χ1v) is 7.16. The number of rotatable bonds is 2. The van der Waals surface area contributed by atoms with Crippen LogP contribution in [-0.2, 0) is 19.1 Å². The molecule has 0 aromatic heterocycles. The van der Waals surface area contributed by atoms with Gasteiger partial charge in [-0.25, -0.2) is 0 Å². The first-order valence-electron chi connectivity index (χ1n) is 7.16. The van der Waals surface area contributed by atoms with Gasteiger partial charge >= 0.3 is 5.97 Å². The van der Waals surface area contributed by atoms with Gasteiger partial charge in [0.25, 0.3) is 0 Å². The summed E-state index contributed by atoms with van der Waals surface area (Å²) in [5, 5.41) is 0. The average molecular weight is 282 g/mol. The topological polar surface area (TPSA) is 66.9 Å². The van der Waals surface area contributed by atoms with Crippen molar-refractivity contribution in [2.24, 2.45) is 0 Å². The molecule has 0 aromatic carbocycles. The molecule has 2 aliphatic heterocycles. The second kappa shape index (κ2) is 6.24. The van der Waals surface area contributed by atoms with Crippen molar-refractivity contribution in [3.8, 4) is 0 Å². The zero-order chi connectivity index (χ0) is 14.7. The molecule has 0 saturated carbocycles. The Morgan fingerprint density at radius 1 is 1.35 bits per heavy atom. The second-order valence-electron chi connectivity index (χ2n) is 5.53. The third-order valence-corrected chi connectivity index (χ3v) is 4.23. The number of amides is 2. The van der Waals surface area contributed by atoms with Gasteiger partial charge in [0.1, 0.15) is 0 Å². The summed E-state index contributed by atoms with van der Waals surface area (Å²) in [7, 11) is 1.36. The minimum Gasteiger partial charge on any atom is -0.469 e. The van der Waals surface area contributed by atoms with E-state index in [-0.39, 0.29) is 36.3 Å². The molecule has 0 radical (unpaired) electrons. The summed E-state index contributed by atoms with van der Waals surface area (Å²) >= 11 is 0. The molecule has 2 atom stereocenters. The molecule has 0 aromatic rings. The lowest BCUT2D eigenvalue weighted by atomic mass is 10.1. The predicted molar refractivity (Wildman–Crippen MR) is 71.8 cm³/mol. The van der Waals surface area contributed by atoms with Gasteiger partial charge in [-0.2, -0.15) is 0 Å². The fourth-order valence-corrected chi connectivity index (χ4v) is 3.21. The quantitative estimate of drug-likeness (QED) is 0.694. The summed E-state index contributed by atoms with van der Waals surface area (Å²) in [5.74, 6) is -0.130. The first-order chi connectivity index (χ1) is 9.52. The summed E-state index contributed by atoms with van der Waals surface area (Å²) in [4.78, 5) is 38.9. The van der Waals surface area contributed by atoms with Crippen molar-refractivity contribution < 1.29 is 19.1 Å². The molecule has 2 aliphatic rings. The van der Waals surface area contributed by atoms with Gasteiger partial charge in [-0.15, -0.1) is 0 Å². The van der Waals surface area contributed by atoms with Crippen LogP contribution >= 0.6 is 0 Å². The van der Waals surface area contributed by atoms with Crippen molar-refractivity contribution in [1.82, 2.24) is 9.80 Å². The minimum absolute atomic E-state index is 0.0429. The number of carbonyl (C=O) groups excluding carboxylic acids is 3. The van der Waals surface area contributed by atoms with E-state index in [2.05, 4.69) is 0 Å². The number of nitrogens with zero attached hydrogens (tertiary/aromatic N) is 2. The Hall–Kier alpha value is -1.59. The normalized spacial score (nSPS) is 26.8. The summed E-state index contributed by atoms with van der Waals surface area (Å²) in [6, 6.07) is -0.0341. The lowest BCUT2D eigenvalue weighted by Crippen LogP contribution is -2.50. The predicted octanol–water partition coefficient (Wildman–Crippen LogP) is 0.551. The van der Waals surface area contributed by atoms with Crippen LogP contribution in [0.3, 0.4) is 0 Å². The van der Waals surface area contributed by atoms with E-state index in [0.717, 1.165) is 12.8 Å². The number of esters is 1. The Morgan fingerprint density at radius 2 is 2.10 bits per heavy atom. The fourth-order valence-electron chi connectivity index (χ4n) is 3.21. The fraction of sp³-hybridized carbons (Fsp3) is 0.786. The highest BCUT2D eigenvalue weighted by molar-refractivity contribution is 5.79. The molecule has 2 saturated heterocycles. The monoisotopic (exact) mass is 282 g/mol. The van der Waals surface area contributed by atoms with Crippen molar-refractivity contribution in [2.45, 2.75) is 51.1 Å². The van der Waals surface area contributed by atoms with E-state index in [9.17, 15) is 14.4 Å². The van der Waals surface area contributed by atoms with Gasteiger partial charge in [0.05, 0.1) is 13.5 Å². The molecule has 20 heavy (non-hydrogen) atoms. The van der Waals surface area contributed by atoms with Gasteiger partial charge in [0.15, 0.2) is 0 Å². The Kier molecular flexibility index (Phi) is 4.62. The maximum absolute atomic E-state index is 12.3. The number of hydrogen-bond acceptors (Lipinski definition) is 4. The van der Waals surface area contributed by atoms with Gasteiger partial charge in [-0.1, -0.05) is 0 Å². The SMILES string of the molecule is COC(=O)C[C@@H]1CC[C@@H]2CN(C(C)=O)CCCC(=O)N21. The van der Waals surface area contributed by atoms with Gasteiger partial charge in [0.2, 0.25) is 11.8 Å². The van der Waals surface area contributed by atoms with E-state index in [0.29, 0.717) is 25.9 Å². The van der Waals surface area contributed by atoms with Crippen molar-refractivity contribution >= 4 is 17.8 Å². The van der Waals surface area contributed by atoms with E-state index in [1.165, 1.54) is 7.11 Å². The van der Waals surface area contributed by atoms with Crippen LogP contribution in [0, 0.1) is 0 Å². The Labute approximate surface area is 119 Å². The first kappa shape index (κ1) is 14.8. The molecule has 2 rings (SSSR count). The summed E-state index contributed by atoms with van der Waals surface area (Å²) in [6.07, 6.45) is 3.03. The van der Waals surface area contributed by atoms with E-state index in [1.807, 2.05) is 9.80 Å². The van der Waals surface area contributed by atoms with Crippen LogP contribution in [0.15, 0.2) is 0 Å². The zero-order valence-corrected chi connectivity index (χ0v) is 12.1. The summed E-state index contributed by atoms with van der Waals surface area (Å²) in [5.41, 5.74) is 0. The number of carbonyl (C=O) groups is 3. The number of fused-ring (bicyclic) bond motifs is 1. The largest absolute Gasteiger partial charge is 0.469 e. The maximum Gasteiger partial charge on any atom is 0.307 e. The minimum atomic E-state index is -0.283. The molecule has 0 spiro atoms. The smallest absolute Gasteiger partial charge is 0.307 e. The Balaban J connectivity index is 2.10. The number of hydrogen-bond donors (Lipinski definition) is 0. The summed E-state index contributed by atoms with van der Waals surface area (Å²) in [6.45, 7) is 2.79. The molecule has 112 valence electrons. The van der Waals surface area contributed by atoms with Crippen molar-refractivity contribution in [1.29, 1.82) is 0 Å². The molecule has 0 aliphatic carbocycles. The lowest BCUT2D eigenvalue weighted by Gasteiger charge is -2.36. The highest BCUT2D eigenvalue weighted by Gasteiger charge is 2.39. The lowest BCUT2D eigenvalue weighted by molar-refractivity contribution is -0.145. The number of ether oxygens (including phenoxy) is 1. The van der Waals surface area contributed by atoms with Crippen molar-refractivity contribution in [2.75, 3.05) is 20.2 Å². The molecule has 6 nitrogen and oxygen atoms in total. The standard InChI is InChI=1S/C14H22N2O4/c1-10(17)15-7-3-4-13(18)16-11(8-14(19)20-2)5-6-12(16)9-15/h11-12H,3-9H2,1-2H3/t11-,12+/m0/s1. The van der Waals surface area contributed by atoms with Crippen LogP contribution in [0.25, 0.3) is 0 Å². The van der Waals surface area contributed by atoms with Gasteiger partial charge < -0.3 is 14.5 Å². The molecule has 0 unspecified atom stereocenters. The molecule has 2 amide bonds. The maximum atomic E-state index is 12.3. The van der Waals surface area contributed by atoms with Crippen LogP contribution in [0.5, 0.6) is 0 Å². The van der Waals surface area contributed by atoms with Crippen LogP contribution in [0.4, 0.5) is 0 Å². The highest BCUT2D eigenvalue weighted by atomic mass is 16.5. The van der Waals surface area contributed by atoms with Gasteiger partial charge in [-0.3, -0.25) is 14.4 Å². The molecule has 0 bridgehead atoms. The number of methoxy groups -OCH3 is 1. The molecule has 0 N–H and O–H groups in total. The second-order valence-corrected chi connectivity index (χ2v) is 5.53. The van der Waals surface area contributed by atoms with Crippen LogP contribution < -0.4 is 0 Å². The molecule has 2 heterocycles. The highest BCUT2D eigenvalue weighted by Crippen LogP contribution is 2.29. The average Bonchev–Trinajstić information content (AvgIpc) is 2.76. The third kappa shape index (κ3) is 3.11. The molecular formula is C14H22N2O4. The molecule has 6 heteroatoms. The van der Waals surface area contributed by atoms with Crippen LogP contribution in [0.2, 0.25) is 0 Å². The van der Waals surface area contributed by atoms with Crippen LogP contribution in [-0.4, -0.2) is 59.9 Å². The van der Waals surface area contributed by atoms with Crippen molar-refractivity contribution in [3.05, 3.63) is 0 Å². The van der Waals surface area contributed by atoms with E-state index >= 15 is 0 Å². The Bertz CT molecular complexity index is 410. The van der Waals surface area contributed by atoms with E-state index < -0.39 is 0 Å².